The van der Waals surface area contributed by atoms with Crippen molar-refractivity contribution in [2.45, 2.75) is 80.1 Å². The molecule has 0 bridgehead atoms. The van der Waals surface area contributed by atoms with E-state index in [0.717, 1.165) is 29.3 Å². The van der Waals surface area contributed by atoms with Gasteiger partial charge in [-0.15, -0.1) is 0 Å². The lowest BCUT2D eigenvalue weighted by Crippen LogP contribution is -2.73. The van der Waals surface area contributed by atoms with Crippen molar-refractivity contribution in [1.82, 2.24) is 0 Å². The molecule has 3 unspecified atom stereocenters. The molecule has 5 aliphatic rings. The molecule has 3 atom stereocenters. The van der Waals surface area contributed by atoms with Gasteiger partial charge in [-0.1, -0.05) is 169 Å². The number of allylic oxidation sites excluding steroid dienone is 10. The molecule has 0 aromatic heterocycles. The molecule has 49 heavy (non-hydrogen) atoms. The number of halogens is 2. The van der Waals surface area contributed by atoms with Gasteiger partial charge in [0, 0.05) is 32.2 Å². The standard InChI is InChI=1S/C47H50Cl2/c1-42(2)43(3,4)45(7)39-26-14-13-25-37(39)40-36-24-12-9-17-30(36)27-38(40)41(45)46(8,44(42,5)6)47(31-18-10-11-19-31,32-20-15-22-34(48)28-32)33-21-16-23-35(49)29-33/h9-13,15-25,28-29,31,39H,14,26-27H2,1-8H3. The van der Waals surface area contributed by atoms with Crippen molar-refractivity contribution < 1.29 is 0 Å². The van der Waals surface area contributed by atoms with E-state index in [1.165, 1.54) is 27.8 Å². The zero-order valence-corrected chi connectivity index (χ0v) is 31.9. The van der Waals surface area contributed by atoms with Crippen LogP contribution < -0.4 is 0 Å². The lowest BCUT2D eigenvalue weighted by Gasteiger charge is -2.78. The summed E-state index contributed by atoms with van der Waals surface area (Å²) in [5.41, 5.74) is 10.2. The van der Waals surface area contributed by atoms with E-state index in [0.29, 0.717) is 5.92 Å². The first-order chi connectivity index (χ1) is 23.2. The third kappa shape index (κ3) is 3.84. The lowest BCUT2D eigenvalue weighted by atomic mass is 9.25. The Hall–Kier alpha value is -3.06. The van der Waals surface area contributed by atoms with Crippen molar-refractivity contribution in [3.8, 4) is 0 Å². The van der Waals surface area contributed by atoms with Crippen LogP contribution in [0.4, 0.5) is 0 Å². The highest BCUT2D eigenvalue weighted by atomic mass is 35.5. The summed E-state index contributed by atoms with van der Waals surface area (Å²) in [6.45, 7) is 20.9. The summed E-state index contributed by atoms with van der Waals surface area (Å²) in [6, 6.07) is 26.8. The van der Waals surface area contributed by atoms with Gasteiger partial charge in [-0.3, -0.25) is 0 Å². The minimum Gasteiger partial charge on any atom is -0.0843 e. The maximum absolute atomic E-state index is 7.05. The summed E-state index contributed by atoms with van der Waals surface area (Å²) in [6.07, 6.45) is 17.6. The van der Waals surface area contributed by atoms with Crippen LogP contribution in [0, 0.1) is 38.9 Å². The van der Waals surface area contributed by atoms with Crippen LogP contribution in [0.15, 0.2) is 126 Å². The van der Waals surface area contributed by atoms with Crippen molar-refractivity contribution in [1.29, 1.82) is 0 Å². The van der Waals surface area contributed by atoms with E-state index in [1.54, 1.807) is 16.7 Å². The van der Waals surface area contributed by atoms with Crippen molar-refractivity contribution in [2.75, 3.05) is 0 Å². The van der Waals surface area contributed by atoms with Gasteiger partial charge in [-0.25, -0.2) is 0 Å². The molecule has 5 aliphatic carbocycles. The Kier molecular flexibility index (Phi) is 7.25. The van der Waals surface area contributed by atoms with Gasteiger partial charge < -0.3 is 0 Å². The minimum atomic E-state index is -0.547. The van der Waals surface area contributed by atoms with Gasteiger partial charge >= 0.3 is 0 Å². The molecule has 0 aliphatic heterocycles. The molecule has 0 radical (unpaired) electrons. The predicted molar refractivity (Wildman–Crippen MR) is 209 cm³/mol. The molecule has 0 heterocycles. The first-order valence-electron chi connectivity index (χ1n) is 18.3. The second kappa shape index (κ2) is 10.7. The van der Waals surface area contributed by atoms with Gasteiger partial charge in [0.15, 0.2) is 0 Å². The van der Waals surface area contributed by atoms with Gasteiger partial charge in [0.1, 0.15) is 0 Å². The monoisotopic (exact) mass is 684 g/mol. The first kappa shape index (κ1) is 33.1. The molecule has 1 saturated carbocycles. The quantitative estimate of drug-likeness (QED) is 0.256. The molecule has 0 nitrogen and oxygen atoms in total. The van der Waals surface area contributed by atoms with Crippen LogP contribution in [0.2, 0.25) is 10.0 Å². The largest absolute Gasteiger partial charge is 0.0843 e. The molecular weight excluding hydrogens is 635 g/mol. The third-order valence-corrected chi connectivity index (χ3v) is 16.3. The third-order valence-electron chi connectivity index (χ3n) is 15.8. The zero-order chi connectivity index (χ0) is 34.8. The molecule has 0 N–H and O–H groups in total. The summed E-state index contributed by atoms with van der Waals surface area (Å²) in [4.78, 5) is 0. The number of hydrogen-bond donors (Lipinski definition) is 0. The van der Waals surface area contributed by atoms with Crippen LogP contribution in [0.3, 0.4) is 0 Å². The van der Waals surface area contributed by atoms with E-state index in [2.05, 4.69) is 153 Å². The fourth-order valence-corrected chi connectivity index (χ4v) is 12.7. The molecule has 2 heteroatoms. The Morgan fingerprint density at radius 1 is 0.694 bits per heavy atom. The van der Waals surface area contributed by atoms with Crippen LogP contribution in [0.5, 0.6) is 0 Å². The molecule has 0 amide bonds. The maximum atomic E-state index is 7.05. The van der Waals surface area contributed by atoms with E-state index < -0.39 is 10.8 Å². The number of rotatable bonds is 4. The van der Waals surface area contributed by atoms with Gasteiger partial charge in [-0.05, 0) is 105 Å². The van der Waals surface area contributed by atoms with Crippen molar-refractivity contribution in [3.63, 3.8) is 0 Å². The Bertz CT molecular complexity index is 1990. The van der Waals surface area contributed by atoms with Gasteiger partial charge in [0.05, 0.1) is 0 Å². The highest BCUT2D eigenvalue weighted by Gasteiger charge is 2.77. The predicted octanol–water partition coefficient (Wildman–Crippen LogP) is 13.4. The van der Waals surface area contributed by atoms with Crippen LogP contribution in [0.25, 0.3) is 5.57 Å². The minimum absolute atomic E-state index is 0.0531. The topological polar surface area (TPSA) is 0 Å². The van der Waals surface area contributed by atoms with E-state index >= 15 is 0 Å². The average Bonchev–Trinajstić information content (AvgIpc) is 3.73. The Balaban J connectivity index is 1.64. The number of benzene rings is 3. The van der Waals surface area contributed by atoms with Crippen LogP contribution in [0.1, 0.15) is 90.5 Å². The highest BCUT2D eigenvalue weighted by molar-refractivity contribution is 6.31. The first-order valence-corrected chi connectivity index (χ1v) is 19.0. The molecule has 3 aromatic rings. The smallest absolute Gasteiger partial charge is 0.0409 e. The Morgan fingerprint density at radius 2 is 1.31 bits per heavy atom. The van der Waals surface area contributed by atoms with Gasteiger partial charge in [0.25, 0.3) is 0 Å². The van der Waals surface area contributed by atoms with Gasteiger partial charge in [-0.2, -0.15) is 0 Å². The van der Waals surface area contributed by atoms with E-state index in [9.17, 15) is 0 Å². The van der Waals surface area contributed by atoms with Crippen molar-refractivity contribution in [3.05, 3.63) is 158 Å². The fourth-order valence-electron chi connectivity index (χ4n) is 12.3. The van der Waals surface area contributed by atoms with Crippen LogP contribution >= 0.6 is 23.2 Å². The number of fused-ring (bicyclic) bond motifs is 6. The molecule has 252 valence electrons. The van der Waals surface area contributed by atoms with Crippen molar-refractivity contribution >= 4 is 28.8 Å². The summed E-state index contributed by atoms with van der Waals surface area (Å²) >= 11 is 14.1. The fraction of sp³-hybridized carbons (Fsp3) is 0.404. The molecule has 3 aromatic carbocycles. The molecule has 1 fully saturated rings. The lowest BCUT2D eigenvalue weighted by molar-refractivity contribution is -0.212. The van der Waals surface area contributed by atoms with Crippen LogP contribution in [-0.4, -0.2) is 0 Å². The second-order valence-corrected chi connectivity index (χ2v) is 18.2. The molecular formula is C47H50Cl2. The summed E-state index contributed by atoms with van der Waals surface area (Å²) in [7, 11) is 0. The van der Waals surface area contributed by atoms with E-state index in [-0.39, 0.29) is 27.6 Å². The summed E-state index contributed by atoms with van der Waals surface area (Å²) < 4.78 is 0. The van der Waals surface area contributed by atoms with Crippen molar-refractivity contribution in [2.24, 2.45) is 38.9 Å². The summed E-state index contributed by atoms with van der Waals surface area (Å²) in [5.74, 6) is 0.472. The Labute approximate surface area is 304 Å². The second-order valence-electron chi connectivity index (χ2n) is 17.4. The van der Waals surface area contributed by atoms with Gasteiger partial charge in [0.2, 0.25) is 0 Å². The molecule has 8 rings (SSSR count). The Morgan fingerprint density at radius 3 is 1.92 bits per heavy atom. The van der Waals surface area contributed by atoms with Crippen LogP contribution in [-0.2, 0) is 11.8 Å². The SMILES string of the molecule is CC12C(=C3Cc4ccccc4C3=C3C=CCCC31)C(C)(C(c1cccc(Cl)c1)(c1cccc(Cl)c1)C1C=CC=C1)C(C)(C)C(C)(C)C2(C)C. The average molecular weight is 686 g/mol. The van der Waals surface area contributed by atoms with E-state index in [1.807, 2.05) is 12.1 Å². The maximum Gasteiger partial charge on any atom is 0.0409 e. The van der Waals surface area contributed by atoms with E-state index in [4.69, 9.17) is 23.2 Å². The normalized spacial score (nSPS) is 29.1. The number of hydrogen-bond acceptors (Lipinski definition) is 0. The highest BCUT2D eigenvalue weighted by Crippen LogP contribution is 2.83. The molecule has 0 saturated heterocycles. The zero-order valence-electron chi connectivity index (χ0n) is 30.4. The molecule has 0 spiro atoms. The summed E-state index contributed by atoms with van der Waals surface area (Å²) in [5, 5.41) is 1.54.